The molecule has 0 aromatic carbocycles. The minimum Gasteiger partial charge on any atom is -0.392 e. The van der Waals surface area contributed by atoms with Crippen molar-refractivity contribution in [2.24, 2.45) is 5.41 Å². The zero-order chi connectivity index (χ0) is 14.0. The zero-order valence-electron chi connectivity index (χ0n) is 11.8. The van der Waals surface area contributed by atoms with Crippen LogP contribution in [-0.2, 0) is 10.2 Å². The molecule has 1 aliphatic rings. The Balaban J connectivity index is 2.69. The number of hydrogen-bond acceptors (Lipinski definition) is 3. The van der Waals surface area contributed by atoms with Crippen LogP contribution < -0.4 is 4.72 Å². The van der Waals surface area contributed by atoms with Crippen LogP contribution in [0, 0.1) is 5.41 Å². The van der Waals surface area contributed by atoms with E-state index < -0.39 is 16.3 Å². The summed E-state index contributed by atoms with van der Waals surface area (Å²) >= 11 is 0. The van der Waals surface area contributed by atoms with E-state index in [4.69, 9.17) is 0 Å². The molecular weight excluding hydrogens is 252 g/mol. The van der Waals surface area contributed by atoms with Gasteiger partial charge in [0.2, 0.25) is 0 Å². The van der Waals surface area contributed by atoms with Crippen LogP contribution in [0.5, 0.6) is 0 Å². The molecule has 1 fully saturated rings. The molecule has 0 saturated heterocycles. The van der Waals surface area contributed by atoms with E-state index in [1.165, 1.54) is 4.31 Å². The van der Waals surface area contributed by atoms with Gasteiger partial charge in [-0.15, -0.1) is 0 Å². The molecule has 0 amide bonds. The van der Waals surface area contributed by atoms with Crippen molar-refractivity contribution < 1.29 is 13.5 Å². The van der Waals surface area contributed by atoms with Gasteiger partial charge in [-0.05, 0) is 19.3 Å². The van der Waals surface area contributed by atoms with E-state index in [1.807, 2.05) is 27.7 Å². The topological polar surface area (TPSA) is 69.6 Å². The van der Waals surface area contributed by atoms with E-state index in [-0.39, 0.29) is 11.5 Å². The van der Waals surface area contributed by atoms with Gasteiger partial charge >= 0.3 is 0 Å². The van der Waals surface area contributed by atoms with E-state index in [2.05, 4.69) is 4.72 Å². The van der Waals surface area contributed by atoms with E-state index >= 15 is 0 Å². The highest BCUT2D eigenvalue weighted by Crippen LogP contribution is 2.40. The third-order valence-corrected chi connectivity index (χ3v) is 5.42. The van der Waals surface area contributed by atoms with Crippen LogP contribution >= 0.6 is 0 Å². The molecular formula is C12H26N2O3S. The molecule has 0 aliphatic heterocycles. The van der Waals surface area contributed by atoms with Gasteiger partial charge in [-0.3, -0.25) is 0 Å². The molecule has 0 radical (unpaired) electrons. The SMILES string of the molecule is CCCN(CCC)S(=O)(=O)NC1CC(O)C1(C)C. The predicted octanol–water partition coefficient (Wildman–Crippen LogP) is 1.10. The lowest BCUT2D eigenvalue weighted by molar-refractivity contribution is -0.0649. The van der Waals surface area contributed by atoms with Gasteiger partial charge in [0.25, 0.3) is 10.2 Å². The van der Waals surface area contributed by atoms with Crippen molar-refractivity contribution >= 4 is 10.2 Å². The van der Waals surface area contributed by atoms with Crippen molar-refractivity contribution in [2.45, 2.75) is 59.1 Å². The van der Waals surface area contributed by atoms with Crippen LogP contribution in [0.15, 0.2) is 0 Å². The van der Waals surface area contributed by atoms with Crippen molar-refractivity contribution in [3.63, 3.8) is 0 Å². The third kappa shape index (κ3) is 3.23. The van der Waals surface area contributed by atoms with Crippen LogP contribution in [0.1, 0.15) is 47.0 Å². The van der Waals surface area contributed by atoms with Crippen LogP contribution in [0.25, 0.3) is 0 Å². The largest absolute Gasteiger partial charge is 0.392 e. The number of hydrogen-bond donors (Lipinski definition) is 2. The van der Waals surface area contributed by atoms with Crippen molar-refractivity contribution in [1.82, 2.24) is 9.03 Å². The first-order valence-corrected chi connectivity index (χ1v) is 8.15. The summed E-state index contributed by atoms with van der Waals surface area (Å²) in [4.78, 5) is 0. The number of rotatable bonds is 7. The van der Waals surface area contributed by atoms with Gasteiger partial charge in [-0.2, -0.15) is 17.4 Å². The monoisotopic (exact) mass is 278 g/mol. The Morgan fingerprint density at radius 2 is 1.78 bits per heavy atom. The summed E-state index contributed by atoms with van der Waals surface area (Å²) in [5.41, 5.74) is -0.378. The fourth-order valence-corrected chi connectivity index (χ4v) is 3.96. The standard InChI is InChI=1S/C12H26N2O3S/c1-5-7-14(8-6-2)18(16,17)13-10-9-11(15)12(10,3)4/h10-11,13,15H,5-9H2,1-4H3. The average molecular weight is 278 g/mol. The maximum Gasteiger partial charge on any atom is 0.279 e. The van der Waals surface area contributed by atoms with Crippen LogP contribution in [0.2, 0.25) is 0 Å². The lowest BCUT2D eigenvalue weighted by atomic mass is 9.65. The molecule has 108 valence electrons. The predicted molar refractivity (Wildman–Crippen MR) is 72.4 cm³/mol. The molecule has 0 heterocycles. The van der Waals surface area contributed by atoms with Gasteiger partial charge in [0.1, 0.15) is 0 Å². The molecule has 1 rings (SSSR count). The summed E-state index contributed by atoms with van der Waals surface area (Å²) in [6.07, 6.45) is 1.68. The normalized spacial score (nSPS) is 27.2. The summed E-state index contributed by atoms with van der Waals surface area (Å²) in [7, 11) is -3.43. The van der Waals surface area contributed by atoms with Crippen molar-refractivity contribution in [2.75, 3.05) is 13.1 Å². The second-order valence-corrected chi connectivity index (χ2v) is 7.35. The van der Waals surface area contributed by atoms with E-state index in [0.717, 1.165) is 12.8 Å². The average Bonchev–Trinajstić information content (AvgIpc) is 2.28. The van der Waals surface area contributed by atoms with E-state index in [0.29, 0.717) is 19.5 Å². The van der Waals surface area contributed by atoms with Crippen LogP contribution in [-0.4, -0.2) is 43.1 Å². The van der Waals surface area contributed by atoms with Crippen molar-refractivity contribution in [1.29, 1.82) is 0 Å². The Kier molecular flexibility index (Phi) is 5.17. The number of nitrogens with zero attached hydrogens (tertiary/aromatic N) is 1. The molecule has 0 spiro atoms. The molecule has 0 bridgehead atoms. The maximum absolute atomic E-state index is 12.2. The summed E-state index contributed by atoms with van der Waals surface area (Å²) < 4.78 is 28.7. The first-order valence-electron chi connectivity index (χ1n) is 6.71. The Morgan fingerprint density at radius 3 is 2.11 bits per heavy atom. The lowest BCUT2D eigenvalue weighted by Crippen LogP contribution is -2.62. The summed E-state index contributed by atoms with van der Waals surface area (Å²) in [5, 5.41) is 9.64. The van der Waals surface area contributed by atoms with Crippen molar-refractivity contribution in [3.05, 3.63) is 0 Å². The minimum atomic E-state index is -3.43. The molecule has 18 heavy (non-hydrogen) atoms. The smallest absolute Gasteiger partial charge is 0.279 e. The van der Waals surface area contributed by atoms with Gasteiger partial charge in [-0.1, -0.05) is 27.7 Å². The molecule has 5 nitrogen and oxygen atoms in total. The Hall–Kier alpha value is -0.170. The molecule has 0 aromatic rings. The minimum absolute atomic E-state index is 0.172. The molecule has 6 heteroatoms. The lowest BCUT2D eigenvalue weighted by Gasteiger charge is -2.49. The van der Waals surface area contributed by atoms with Gasteiger partial charge in [0.05, 0.1) is 6.10 Å². The van der Waals surface area contributed by atoms with E-state index in [9.17, 15) is 13.5 Å². The summed E-state index contributed by atoms with van der Waals surface area (Å²) in [5.74, 6) is 0. The van der Waals surface area contributed by atoms with Gasteiger partial charge in [0.15, 0.2) is 0 Å². The van der Waals surface area contributed by atoms with Crippen molar-refractivity contribution in [3.8, 4) is 0 Å². The second kappa shape index (κ2) is 5.86. The van der Waals surface area contributed by atoms with Crippen LogP contribution in [0.4, 0.5) is 0 Å². The van der Waals surface area contributed by atoms with Crippen LogP contribution in [0.3, 0.4) is 0 Å². The first-order chi connectivity index (χ1) is 8.25. The summed E-state index contributed by atoms with van der Waals surface area (Å²) in [6.45, 7) is 8.79. The number of aliphatic hydroxyl groups is 1. The highest BCUT2D eigenvalue weighted by molar-refractivity contribution is 7.87. The highest BCUT2D eigenvalue weighted by atomic mass is 32.2. The molecule has 1 saturated carbocycles. The van der Waals surface area contributed by atoms with Gasteiger partial charge < -0.3 is 5.11 Å². The Bertz CT molecular complexity index is 362. The molecule has 2 N–H and O–H groups in total. The Labute approximate surface area is 111 Å². The Morgan fingerprint density at radius 1 is 1.28 bits per heavy atom. The van der Waals surface area contributed by atoms with E-state index in [1.54, 1.807) is 0 Å². The number of nitrogens with one attached hydrogen (secondary N) is 1. The molecule has 0 aromatic heterocycles. The molecule has 2 atom stereocenters. The second-order valence-electron chi connectivity index (χ2n) is 5.65. The maximum atomic E-state index is 12.2. The molecule has 2 unspecified atom stereocenters. The highest BCUT2D eigenvalue weighted by Gasteiger charge is 2.49. The fourth-order valence-electron chi connectivity index (χ4n) is 2.21. The third-order valence-electron chi connectivity index (χ3n) is 3.79. The molecule has 1 aliphatic carbocycles. The van der Waals surface area contributed by atoms with Gasteiger partial charge in [0, 0.05) is 24.5 Å². The first kappa shape index (κ1) is 15.9. The van der Waals surface area contributed by atoms with Gasteiger partial charge in [-0.25, -0.2) is 0 Å². The quantitative estimate of drug-likeness (QED) is 0.733. The summed E-state index contributed by atoms with van der Waals surface area (Å²) in [6, 6.07) is -0.172. The zero-order valence-corrected chi connectivity index (χ0v) is 12.6. The fraction of sp³-hybridized carbons (Fsp3) is 1.00. The number of aliphatic hydroxyl groups excluding tert-OH is 1.